The Kier molecular flexibility index (Phi) is 6.92. The van der Waals surface area contributed by atoms with E-state index in [0.717, 1.165) is 11.1 Å². The summed E-state index contributed by atoms with van der Waals surface area (Å²) in [4.78, 5) is 24.7. The van der Waals surface area contributed by atoms with Crippen molar-refractivity contribution in [3.05, 3.63) is 82.9 Å². The van der Waals surface area contributed by atoms with Crippen molar-refractivity contribution >= 4 is 27.5 Å². The lowest BCUT2D eigenvalue weighted by molar-refractivity contribution is -0.120. The number of hydrogen-bond acceptors (Lipinski definition) is 6. The van der Waals surface area contributed by atoms with Gasteiger partial charge in [-0.2, -0.15) is 0 Å². The molecule has 3 aromatic rings. The minimum Gasteiger partial charge on any atom is -0.454 e. The van der Waals surface area contributed by atoms with Crippen molar-refractivity contribution in [3.63, 3.8) is 0 Å². The van der Waals surface area contributed by atoms with E-state index in [2.05, 4.69) is 15.4 Å². The summed E-state index contributed by atoms with van der Waals surface area (Å²) < 4.78 is 38.5. The number of aryl methyl sites for hydroxylation is 2. The highest BCUT2D eigenvalue weighted by molar-refractivity contribution is 7.92. The third kappa shape index (κ3) is 5.90. The Morgan fingerprint density at radius 1 is 0.886 bits per heavy atom. The number of fused-ring (bicyclic) bond motifs is 1. The lowest BCUT2D eigenvalue weighted by atomic mass is 10.2. The van der Waals surface area contributed by atoms with Gasteiger partial charge >= 0.3 is 0 Å². The van der Waals surface area contributed by atoms with E-state index in [1.54, 1.807) is 37.3 Å². The summed E-state index contributed by atoms with van der Waals surface area (Å²) in [5.41, 5.74) is 3.07. The number of nitrogens with one attached hydrogen (secondary N) is 3. The highest BCUT2D eigenvalue weighted by Crippen LogP contribution is 2.32. The zero-order valence-corrected chi connectivity index (χ0v) is 20.1. The standard InChI is InChI=1S/C25H25N3O6S/c1-16-3-10-23(17(2)11-16)35(31,32)28-20-7-5-19(6-8-20)25(30)27-14-24(29)26-13-18-4-9-21-22(12-18)34-15-33-21/h3-12,28H,13-15H2,1-2H3,(H,26,29)(H,27,30). The van der Waals surface area contributed by atoms with Gasteiger partial charge in [0.25, 0.3) is 15.9 Å². The third-order valence-corrected chi connectivity index (χ3v) is 6.90. The van der Waals surface area contributed by atoms with Gasteiger partial charge in [-0.3, -0.25) is 14.3 Å². The quantitative estimate of drug-likeness (QED) is 0.442. The van der Waals surface area contributed by atoms with Gasteiger partial charge in [0, 0.05) is 17.8 Å². The Morgan fingerprint density at radius 2 is 1.63 bits per heavy atom. The van der Waals surface area contributed by atoms with Crippen LogP contribution in [0.3, 0.4) is 0 Å². The zero-order chi connectivity index (χ0) is 25.0. The van der Waals surface area contributed by atoms with E-state index >= 15 is 0 Å². The molecule has 35 heavy (non-hydrogen) atoms. The molecule has 3 aromatic carbocycles. The number of carbonyl (C=O) groups is 2. The summed E-state index contributed by atoms with van der Waals surface area (Å²) in [6, 6.07) is 16.4. The molecule has 1 aliphatic heterocycles. The molecule has 9 nitrogen and oxygen atoms in total. The van der Waals surface area contributed by atoms with Gasteiger partial charge in [-0.1, -0.05) is 23.8 Å². The molecule has 0 aliphatic carbocycles. The van der Waals surface area contributed by atoms with E-state index in [1.165, 1.54) is 24.3 Å². The number of sulfonamides is 1. The Morgan fingerprint density at radius 3 is 2.37 bits per heavy atom. The summed E-state index contributed by atoms with van der Waals surface area (Å²) in [7, 11) is -3.77. The van der Waals surface area contributed by atoms with Gasteiger partial charge in [0.05, 0.1) is 11.4 Å². The van der Waals surface area contributed by atoms with E-state index in [9.17, 15) is 18.0 Å². The molecule has 1 heterocycles. The second-order valence-corrected chi connectivity index (χ2v) is 9.75. The van der Waals surface area contributed by atoms with Crippen LogP contribution in [-0.4, -0.2) is 33.6 Å². The molecule has 0 unspecified atom stereocenters. The Hall–Kier alpha value is -4.05. The predicted molar refractivity (Wildman–Crippen MR) is 130 cm³/mol. The van der Waals surface area contributed by atoms with Crippen molar-refractivity contribution in [3.8, 4) is 11.5 Å². The van der Waals surface area contributed by atoms with Crippen LogP contribution in [0.1, 0.15) is 27.0 Å². The molecule has 10 heteroatoms. The van der Waals surface area contributed by atoms with Crippen molar-refractivity contribution in [2.45, 2.75) is 25.3 Å². The topological polar surface area (TPSA) is 123 Å². The minimum atomic E-state index is -3.77. The molecule has 1 aliphatic rings. The van der Waals surface area contributed by atoms with Crippen LogP contribution in [0.15, 0.2) is 65.6 Å². The molecule has 0 spiro atoms. The molecule has 0 atom stereocenters. The minimum absolute atomic E-state index is 0.177. The summed E-state index contributed by atoms with van der Waals surface area (Å²) in [5, 5.41) is 5.28. The van der Waals surface area contributed by atoms with Crippen LogP contribution in [-0.2, 0) is 21.4 Å². The van der Waals surface area contributed by atoms with E-state index < -0.39 is 15.9 Å². The Balaban J connectivity index is 1.28. The number of carbonyl (C=O) groups excluding carboxylic acids is 2. The van der Waals surface area contributed by atoms with Crippen molar-refractivity contribution < 1.29 is 27.5 Å². The number of amides is 2. The maximum atomic E-state index is 12.7. The molecule has 0 aromatic heterocycles. The largest absolute Gasteiger partial charge is 0.454 e. The van der Waals surface area contributed by atoms with Crippen molar-refractivity contribution in [1.82, 2.24) is 10.6 Å². The van der Waals surface area contributed by atoms with Crippen molar-refractivity contribution in [1.29, 1.82) is 0 Å². The SMILES string of the molecule is Cc1ccc(S(=O)(=O)Nc2ccc(C(=O)NCC(=O)NCc3ccc4c(c3)OCO4)cc2)c(C)c1. The van der Waals surface area contributed by atoms with Gasteiger partial charge in [-0.05, 0) is 67.4 Å². The van der Waals surface area contributed by atoms with Gasteiger partial charge in [-0.15, -0.1) is 0 Å². The second-order valence-electron chi connectivity index (χ2n) is 8.10. The fraction of sp³-hybridized carbons (Fsp3) is 0.200. The van der Waals surface area contributed by atoms with Gasteiger partial charge in [-0.25, -0.2) is 8.42 Å². The number of benzene rings is 3. The van der Waals surface area contributed by atoms with E-state index in [4.69, 9.17) is 9.47 Å². The molecular weight excluding hydrogens is 470 g/mol. The number of ether oxygens (including phenoxy) is 2. The first-order valence-electron chi connectivity index (χ1n) is 10.8. The van der Waals surface area contributed by atoms with Gasteiger partial charge in [0.15, 0.2) is 11.5 Å². The van der Waals surface area contributed by atoms with Crippen LogP contribution >= 0.6 is 0 Å². The first-order valence-corrected chi connectivity index (χ1v) is 12.3. The highest BCUT2D eigenvalue weighted by Gasteiger charge is 2.17. The average Bonchev–Trinajstić information content (AvgIpc) is 3.29. The van der Waals surface area contributed by atoms with Crippen LogP contribution in [0, 0.1) is 13.8 Å². The zero-order valence-electron chi connectivity index (χ0n) is 19.3. The Bertz CT molecular complexity index is 1370. The molecule has 0 saturated carbocycles. The average molecular weight is 496 g/mol. The van der Waals surface area contributed by atoms with E-state index in [1.807, 2.05) is 13.0 Å². The number of rotatable bonds is 8. The van der Waals surface area contributed by atoms with Crippen LogP contribution in [0.4, 0.5) is 5.69 Å². The molecule has 0 bridgehead atoms. The number of anilines is 1. The van der Waals surface area contributed by atoms with Crippen LogP contribution < -0.4 is 24.8 Å². The predicted octanol–water partition coefficient (Wildman–Crippen LogP) is 2.88. The van der Waals surface area contributed by atoms with Gasteiger partial charge in [0.2, 0.25) is 12.7 Å². The third-order valence-electron chi connectivity index (χ3n) is 5.36. The normalized spacial score (nSPS) is 12.2. The lowest BCUT2D eigenvalue weighted by Crippen LogP contribution is -2.36. The van der Waals surface area contributed by atoms with Crippen LogP contribution in [0.2, 0.25) is 0 Å². The van der Waals surface area contributed by atoms with Crippen molar-refractivity contribution in [2.24, 2.45) is 0 Å². The summed E-state index contributed by atoms with van der Waals surface area (Å²) in [6.07, 6.45) is 0. The molecule has 0 radical (unpaired) electrons. The summed E-state index contributed by atoms with van der Waals surface area (Å²) in [6.45, 7) is 3.88. The summed E-state index contributed by atoms with van der Waals surface area (Å²) in [5.74, 6) is 0.488. The van der Waals surface area contributed by atoms with Crippen LogP contribution in [0.25, 0.3) is 0 Å². The highest BCUT2D eigenvalue weighted by atomic mass is 32.2. The number of hydrogen-bond donors (Lipinski definition) is 3. The van der Waals surface area contributed by atoms with E-state index in [0.29, 0.717) is 28.3 Å². The smallest absolute Gasteiger partial charge is 0.262 e. The first-order chi connectivity index (χ1) is 16.7. The monoisotopic (exact) mass is 495 g/mol. The lowest BCUT2D eigenvalue weighted by Gasteiger charge is -2.11. The summed E-state index contributed by atoms with van der Waals surface area (Å²) >= 11 is 0. The molecule has 0 fully saturated rings. The van der Waals surface area contributed by atoms with Gasteiger partial charge in [0.1, 0.15) is 0 Å². The maximum Gasteiger partial charge on any atom is 0.262 e. The fourth-order valence-corrected chi connectivity index (χ4v) is 4.86. The fourth-order valence-electron chi connectivity index (χ4n) is 3.58. The molecule has 0 saturated heterocycles. The molecule has 2 amide bonds. The molecular formula is C25H25N3O6S. The van der Waals surface area contributed by atoms with Gasteiger partial charge < -0.3 is 20.1 Å². The molecule has 3 N–H and O–H groups in total. The maximum absolute atomic E-state index is 12.7. The first kappa shape index (κ1) is 24.1. The second kappa shape index (κ2) is 10.1. The Labute approximate surface area is 203 Å². The molecule has 4 rings (SSSR count). The van der Waals surface area contributed by atoms with E-state index in [-0.39, 0.29) is 30.7 Å². The molecule has 182 valence electrons. The van der Waals surface area contributed by atoms with Crippen LogP contribution in [0.5, 0.6) is 11.5 Å². The van der Waals surface area contributed by atoms with Crippen molar-refractivity contribution in [2.75, 3.05) is 18.1 Å².